The molecular weight excluding hydrogens is 240 g/mol. The summed E-state index contributed by atoms with van der Waals surface area (Å²) in [7, 11) is 0. The smallest absolute Gasteiger partial charge is 0.329 e. The summed E-state index contributed by atoms with van der Waals surface area (Å²) >= 11 is 0. The maximum atomic E-state index is 11.6. The van der Waals surface area contributed by atoms with Crippen molar-refractivity contribution in [2.24, 2.45) is 5.92 Å². The third-order valence-corrected chi connectivity index (χ3v) is 2.86. The second kappa shape index (κ2) is 6.95. The van der Waals surface area contributed by atoms with Gasteiger partial charge >= 0.3 is 12.0 Å². The van der Waals surface area contributed by atoms with Gasteiger partial charge in [-0.3, -0.25) is 10.1 Å². The van der Waals surface area contributed by atoms with E-state index in [2.05, 4.69) is 17.0 Å². The van der Waals surface area contributed by atoms with Crippen LogP contribution in [0.15, 0.2) is 0 Å². The number of imide groups is 1. The molecule has 18 heavy (non-hydrogen) atoms. The Morgan fingerprint density at radius 1 is 1.39 bits per heavy atom. The maximum absolute atomic E-state index is 11.6. The minimum atomic E-state index is -1.15. The van der Waals surface area contributed by atoms with Crippen LogP contribution in [0.5, 0.6) is 0 Å². The number of ether oxygens (including phenoxy) is 1. The van der Waals surface area contributed by atoms with Crippen LogP contribution in [0, 0.1) is 5.92 Å². The molecule has 0 bridgehead atoms. The van der Waals surface area contributed by atoms with Crippen molar-refractivity contribution in [3.8, 4) is 0 Å². The first-order valence-corrected chi connectivity index (χ1v) is 5.91. The highest BCUT2D eigenvalue weighted by atomic mass is 16.5. The molecule has 1 aliphatic rings. The van der Waals surface area contributed by atoms with Crippen molar-refractivity contribution in [3.05, 3.63) is 0 Å². The van der Waals surface area contributed by atoms with Crippen molar-refractivity contribution >= 4 is 17.9 Å². The fraction of sp³-hybridized carbons (Fsp3) is 0.727. The highest BCUT2D eigenvalue weighted by molar-refractivity contribution is 5.95. The van der Waals surface area contributed by atoms with Gasteiger partial charge in [-0.25, -0.2) is 9.59 Å². The minimum Gasteiger partial charge on any atom is -0.480 e. The third-order valence-electron chi connectivity index (χ3n) is 2.86. The molecular formula is C11H18N2O5. The van der Waals surface area contributed by atoms with Crippen LogP contribution in [0.3, 0.4) is 0 Å². The highest BCUT2D eigenvalue weighted by Crippen LogP contribution is 2.18. The first-order chi connectivity index (χ1) is 8.52. The van der Waals surface area contributed by atoms with E-state index < -0.39 is 31.1 Å². The molecule has 1 rings (SSSR count). The van der Waals surface area contributed by atoms with Crippen LogP contribution in [-0.4, -0.2) is 54.2 Å². The van der Waals surface area contributed by atoms with Crippen LogP contribution in [0.2, 0.25) is 0 Å². The van der Waals surface area contributed by atoms with Gasteiger partial charge in [-0.15, -0.1) is 0 Å². The first kappa shape index (κ1) is 14.4. The number of likely N-dealkylation sites (tertiary alicyclic amines) is 1. The zero-order valence-corrected chi connectivity index (χ0v) is 10.3. The molecule has 7 nitrogen and oxygen atoms in total. The first-order valence-electron chi connectivity index (χ1n) is 5.91. The Morgan fingerprint density at radius 3 is 2.67 bits per heavy atom. The van der Waals surface area contributed by atoms with Gasteiger partial charge in [-0.1, -0.05) is 13.3 Å². The lowest BCUT2D eigenvalue weighted by atomic mass is 10.1. The number of carboxylic acid groups (broad SMARTS) is 1. The van der Waals surface area contributed by atoms with E-state index in [-0.39, 0.29) is 0 Å². The summed E-state index contributed by atoms with van der Waals surface area (Å²) in [6.07, 6.45) is 1.97. The predicted octanol–water partition coefficient (Wildman–Crippen LogP) is 0.0557. The molecule has 3 amide bonds. The summed E-state index contributed by atoms with van der Waals surface area (Å²) in [5, 5.41) is 10.5. The van der Waals surface area contributed by atoms with Crippen LogP contribution < -0.4 is 5.32 Å². The zero-order chi connectivity index (χ0) is 13.5. The largest absolute Gasteiger partial charge is 0.480 e. The highest BCUT2D eigenvalue weighted by Gasteiger charge is 2.25. The van der Waals surface area contributed by atoms with Gasteiger partial charge in [-0.05, 0) is 12.3 Å². The Labute approximate surface area is 105 Å². The molecule has 0 spiro atoms. The lowest BCUT2D eigenvalue weighted by Crippen LogP contribution is -2.43. The van der Waals surface area contributed by atoms with Crippen molar-refractivity contribution in [2.75, 3.05) is 26.3 Å². The molecule has 0 saturated carbocycles. The van der Waals surface area contributed by atoms with Gasteiger partial charge < -0.3 is 14.7 Å². The van der Waals surface area contributed by atoms with Crippen molar-refractivity contribution in [1.29, 1.82) is 0 Å². The van der Waals surface area contributed by atoms with E-state index in [1.165, 1.54) is 0 Å². The van der Waals surface area contributed by atoms with E-state index in [1.807, 2.05) is 0 Å². The summed E-state index contributed by atoms with van der Waals surface area (Å²) in [5.74, 6) is -1.28. The number of nitrogens with one attached hydrogen (secondary N) is 1. The van der Waals surface area contributed by atoms with Crippen LogP contribution in [0.4, 0.5) is 4.79 Å². The maximum Gasteiger partial charge on any atom is 0.329 e. The number of hydrogen-bond donors (Lipinski definition) is 2. The second-order valence-electron chi connectivity index (χ2n) is 4.25. The van der Waals surface area contributed by atoms with E-state index in [0.717, 1.165) is 12.8 Å². The van der Waals surface area contributed by atoms with Gasteiger partial charge in [0.05, 0.1) is 0 Å². The number of amides is 3. The molecule has 1 atom stereocenters. The van der Waals surface area contributed by atoms with Crippen molar-refractivity contribution in [1.82, 2.24) is 10.2 Å². The topological polar surface area (TPSA) is 95.9 Å². The zero-order valence-electron chi connectivity index (χ0n) is 10.3. The molecule has 1 aliphatic heterocycles. The van der Waals surface area contributed by atoms with Gasteiger partial charge in [0.25, 0.3) is 5.91 Å². The Hall–Kier alpha value is -1.63. The van der Waals surface area contributed by atoms with Gasteiger partial charge in [0, 0.05) is 13.1 Å². The summed E-state index contributed by atoms with van der Waals surface area (Å²) in [5.41, 5.74) is 0. The Balaban J connectivity index is 2.23. The lowest BCUT2D eigenvalue weighted by Gasteiger charge is -2.16. The molecule has 1 fully saturated rings. The van der Waals surface area contributed by atoms with Crippen LogP contribution in [-0.2, 0) is 14.3 Å². The monoisotopic (exact) mass is 258 g/mol. The molecule has 0 aromatic rings. The lowest BCUT2D eigenvalue weighted by molar-refractivity contribution is -0.143. The van der Waals surface area contributed by atoms with Crippen LogP contribution in [0.1, 0.15) is 19.8 Å². The molecule has 0 radical (unpaired) electrons. The quantitative estimate of drug-likeness (QED) is 0.726. The van der Waals surface area contributed by atoms with Gasteiger partial charge in [0.2, 0.25) is 0 Å². The average molecular weight is 258 g/mol. The molecule has 1 saturated heterocycles. The average Bonchev–Trinajstić information content (AvgIpc) is 2.76. The molecule has 2 N–H and O–H groups in total. The fourth-order valence-electron chi connectivity index (χ4n) is 1.82. The number of carboxylic acids is 1. The van der Waals surface area contributed by atoms with Crippen molar-refractivity contribution < 1.29 is 24.2 Å². The second-order valence-corrected chi connectivity index (χ2v) is 4.25. The molecule has 1 heterocycles. The van der Waals surface area contributed by atoms with Gasteiger partial charge in [-0.2, -0.15) is 0 Å². The number of nitrogens with zero attached hydrogens (tertiary/aromatic N) is 1. The van der Waals surface area contributed by atoms with Crippen molar-refractivity contribution in [2.45, 2.75) is 19.8 Å². The summed E-state index contributed by atoms with van der Waals surface area (Å²) in [6, 6.07) is -0.435. The predicted molar refractivity (Wildman–Crippen MR) is 62.0 cm³/mol. The third kappa shape index (κ3) is 4.70. The Morgan fingerprint density at radius 2 is 2.11 bits per heavy atom. The molecule has 7 heteroatoms. The fourth-order valence-corrected chi connectivity index (χ4v) is 1.82. The molecule has 1 unspecified atom stereocenters. The molecule has 0 aliphatic carbocycles. The number of rotatable bonds is 5. The van der Waals surface area contributed by atoms with Crippen molar-refractivity contribution in [3.63, 3.8) is 0 Å². The van der Waals surface area contributed by atoms with Gasteiger partial charge in [0.1, 0.15) is 13.2 Å². The number of hydrogen-bond acceptors (Lipinski definition) is 4. The summed E-state index contributed by atoms with van der Waals surface area (Å²) < 4.78 is 4.58. The van der Waals surface area contributed by atoms with E-state index in [1.54, 1.807) is 4.90 Å². The molecule has 0 aromatic carbocycles. The molecule has 0 aromatic heterocycles. The van der Waals surface area contributed by atoms with E-state index >= 15 is 0 Å². The van der Waals surface area contributed by atoms with Crippen LogP contribution in [0.25, 0.3) is 0 Å². The summed E-state index contributed by atoms with van der Waals surface area (Å²) in [4.78, 5) is 34.6. The van der Waals surface area contributed by atoms with E-state index in [4.69, 9.17) is 5.11 Å². The summed E-state index contributed by atoms with van der Waals surface area (Å²) in [6.45, 7) is 2.39. The number of aliphatic carboxylic acids is 1. The normalized spacial score (nSPS) is 18.7. The van der Waals surface area contributed by atoms with E-state index in [0.29, 0.717) is 19.0 Å². The minimum absolute atomic E-state index is 0.427. The Bertz CT molecular complexity index is 331. The molecule has 102 valence electrons. The number of carbonyl (C=O) groups is 3. The van der Waals surface area contributed by atoms with Crippen LogP contribution >= 0.6 is 0 Å². The standard InChI is InChI=1S/C11H18N2O5/c1-2-8-3-4-13(5-8)11(17)12-9(14)6-18-7-10(15)16/h8H,2-7H2,1H3,(H,15,16)(H,12,14,17). The van der Waals surface area contributed by atoms with E-state index in [9.17, 15) is 14.4 Å². The number of urea groups is 1. The SMILES string of the molecule is CCC1CCN(C(=O)NC(=O)COCC(=O)O)C1. The number of carbonyl (C=O) groups excluding carboxylic acids is 2. The van der Waals surface area contributed by atoms with Gasteiger partial charge in [0.15, 0.2) is 0 Å². The Kier molecular flexibility index (Phi) is 5.57.